The first-order valence-electron chi connectivity index (χ1n) is 12.2. The van der Waals surface area contributed by atoms with Crippen LogP contribution in [0, 0.1) is 5.41 Å². The van der Waals surface area contributed by atoms with Gasteiger partial charge in [-0.3, -0.25) is 9.79 Å². The molecule has 0 aromatic heterocycles. The molecule has 3 rings (SSSR count). The van der Waals surface area contributed by atoms with E-state index >= 15 is 0 Å². The molecule has 1 atom stereocenters. The maximum atomic E-state index is 12.3. The van der Waals surface area contributed by atoms with Gasteiger partial charge in [0.15, 0.2) is 5.60 Å². The normalized spacial score (nSPS) is 19.5. The summed E-state index contributed by atoms with van der Waals surface area (Å²) in [6, 6.07) is 18.1. The standard InChI is InChI=1S/C28H37N3O4/c1-27(2,26(33)34)35-16-15-30-24-13-14-29-20-28(24,3)18-22-11-9-21(10-12-22)17-25(32)31-19-23-7-5-4-6-8-23/h4-12,29H,13-20H2,1-3H3,(H,31,32)(H,33,34)/b30-24+. The summed E-state index contributed by atoms with van der Waals surface area (Å²) in [6.07, 6.45) is 2.05. The minimum absolute atomic E-state index is 0.00718. The molecule has 0 radical (unpaired) electrons. The van der Waals surface area contributed by atoms with Gasteiger partial charge in [-0.25, -0.2) is 4.79 Å². The first-order chi connectivity index (χ1) is 16.7. The van der Waals surface area contributed by atoms with Gasteiger partial charge in [0.2, 0.25) is 5.91 Å². The zero-order chi connectivity index (χ0) is 25.3. The van der Waals surface area contributed by atoms with E-state index in [0.29, 0.717) is 19.5 Å². The number of aliphatic imine (C=N–C) groups is 1. The third kappa shape index (κ3) is 8.01. The molecule has 1 heterocycles. The number of hydrogen-bond donors (Lipinski definition) is 3. The highest BCUT2D eigenvalue weighted by Gasteiger charge is 2.33. The number of nitrogens with one attached hydrogen (secondary N) is 2. The molecule has 0 spiro atoms. The van der Waals surface area contributed by atoms with Crippen LogP contribution < -0.4 is 10.6 Å². The van der Waals surface area contributed by atoms with E-state index in [1.54, 1.807) is 13.8 Å². The monoisotopic (exact) mass is 479 g/mol. The van der Waals surface area contributed by atoms with Crippen molar-refractivity contribution in [1.82, 2.24) is 10.6 Å². The summed E-state index contributed by atoms with van der Waals surface area (Å²) in [5.41, 5.74) is 3.06. The van der Waals surface area contributed by atoms with Crippen molar-refractivity contribution in [3.8, 4) is 0 Å². The fraction of sp³-hybridized carbons (Fsp3) is 0.464. The molecule has 1 unspecified atom stereocenters. The van der Waals surface area contributed by atoms with E-state index in [1.807, 2.05) is 42.5 Å². The summed E-state index contributed by atoms with van der Waals surface area (Å²) < 4.78 is 5.50. The van der Waals surface area contributed by atoms with Crippen LogP contribution in [0.3, 0.4) is 0 Å². The zero-order valence-electron chi connectivity index (χ0n) is 21.0. The highest BCUT2D eigenvalue weighted by atomic mass is 16.5. The Balaban J connectivity index is 1.54. The van der Waals surface area contributed by atoms with Gasteiger partial charge in [0, 0.05) is 30.8 Å². The minimum Gasteiger partial charge on any atom is -0.479 e. The van der Waals surface area contributed by atoms with Gasteiger partial charge in [-0.1, -0.05) is 61.5 Å². The van der Waals surface area contributed by atoms with E-state index < -0.39 is 11.6 Å². The Kier molecular flexibility index (Phi) is 9.18. The number of amides is 1. The Morgan fingerprint density at radius 2 is 1.77 bits per heavy atom. The fourth-order valence-electron chi connectivity index (χ4n) is 4.22. The van der Waals surface area contributed by atoms with Gasteiger partial charge in [0.1, 0.15) is 0 Å². The van der Waals surface area contributed by atoms with Gasteiger partial charge < -0.3 is 20.5 Å². The topological polar surface area (TPSA) is 100 Å². The third-order valence-electron chi connectivity index (χ3n) is 6.44. The summed E-state index contributed by atoms with van der Waals surface area (Å²) in [5.74, 6) is -0.971. The Labute approximate surface area is 208 Å². The van der Waals surface area contributed by atoms with Crippen molar-refractivity contribution < 1.29 is 19.4 Å². The highest BCUT2D eigenvalue weighted by molar-refractivity contribution is 5.91. The summed E-state index contributed by atoms with van der Waals surface area (Å²) in [4.78, 5) is 28.3. The summed E-state index contributed by atoms with van der Waals surface area (Å²) in [7, 11) is 0. The molecule has 0 saturated carbocycles. The Bertz CT molecular complexity index is 1020. The first kappa shape index (κ1) is 26.6. The van der Waals surface area contributed by atoms with Crippen LogP contribution in [0.4, 0.5) is 0 Å². The smallest absolute Gasteiger partial charge is 0.335 e. The minimum atomic E-state index is -1.21. The van der Waals surface area contributed by atoms with Crippen LogP contribution in [0.5, 0.6) is 0 Å². The number of benzene rings is 2. The second-order valence-corrected chi connectivity index (χ2v) is 9.91. The van der Waals surface area contributed by atoms with E-state index in [9.17, 15) is 14.7 Å². The lowest BCUT2D eigenvalue weighted by molar-refractivity contribution is -0.160. The van der Waals surface area contributed by atoms with Crippen molar-refractivity contribution in [2.24, 2.45) is 10.4 Å². The van der Waals surface area contributed by atoms with E-state index in [-0.39, 0.29) is 17.9 Å². The molecule has 1 fully saturated rings. The molecule has 2 aromatic carbocycles. The number of aliphatic carboxylic acids is 1. The van der Waals surface area contributed by atoms with Gasteiger partial charge >= 0.3 is 5.97 Å². The molecule has 2 aromatic rings. The Morgan fingerprint density at radius 1 is 1.09 bits per heavy atom. The molecular weight excluding hydrogens is 442 g/mol. The molecule has 1 saturated heterocycles. The van der Waals surface area contributed by atoms with Crippen molar-refractivity contribution in [2.45, 2.75) is 52.2 Å². The quantitative estimate of drug-likeness (QED) is 0.429. The molecule has 1 aliphatic heterocycles. The van der Waals surface area contributed by atoms with Gasteiger partial charge in [-0.2, -0.15) is 0 Å². The maximum Gasteiger partial charge on any atom is 0.335 e. The van der Waals surface area contributed by atoms with E-state index in [0.717, 1.165) is 42.8 Å². The number of piperidine rings is 1. The van der Waals surface area contributed by atoms with Gasteiger partial charge in [0.25, 0.3) is 0 Å². The SMILES string of the molecule is CC(C)(OCC/N=C1\CCNCC1(C)Cc1ccc(CC(=O)NCc2ccccc2)cc1)C(=O)O. The average Bonchev–Trinajstić information content (AvgIpc) is 2.83. The van der Waals surface area contributed by atoms with Gasteiger partial charge in [0.05, 0.1) is 19.6 Å². The van der Waals surface area contributed by atoms with Crippen LogP contribution in [0.1, 0.15) is 43.9 Å². The summed E-state index contributed by atoms with van der Waals surface area (Å²) in [5, 5.41) is 15.6. The molecule has 1 amide bonds. The second kappa shape index (κ2) is 12.1. The average molecular weight is 480 g/mol. The lowest BCUT2D eigenvalue weighted by Gasteiger charge is -2.36. The number of nitrogens with zero attached hydrogens (tertiary/aromatic N) is 1. The second-order valence-electron chi connectivity index (χ2n) is 9.91. The van der Waals surface area contributed by atoms with Crippen LogP contribution in [-0.4, -0.2) is 54.5 Å². The largest absolute Gasteiger partial charge is 0.479 e. The molecule has 1 aliphatic rings. The van der Waals surface area contributed by atoms with Crippen LogP contribution in [-0.2, 0) is 33.7 Å². The van der Waals surface area contributed by atoms with Crippen molar-refractivity contribution in [3.05, 3.63) is 71.3 Å². The lowest BCUT2D eigenvalue weighted by Crippen LogP contribution is -2.47. The Hall–Kier alpha value is -3.03. The van der Waals surface area contributed by atoms with Gasteiger partial charge in [-0.15, -0.1) is 0 Å². The van der Waals surface area contributed by atoms with E-state index in [2.05, 4.69) is 29.7 Å². The van der Waals surface area contributed by atoms with Crippen molar-refractivity contribution in [2.75, 3.05) is 26.2 Å². The molecule has 0 aliphatic carbocycles. The molecule has 0 bridgehead atoms. The molecule has 7 nitrogen and oxygen atoms in total. The molecular formula is C28H37N3O4. The van der Waals surface area contributed by atoms with Crippen LogP contribution >= 0.6 is 0 Å². The molecule has 188 valence electrons. The van der Waals surface area contributed by atoms with Crippen molar-refractivity contribution in [1.29, 1.82) is 0 Å². The summed E-state index contributed by atoms with van der Waals surface area (Å²) in [6.45, 7) is 8.27. The first-order valence-corrected chi connectivity index (χ1v) is 12.2. The molecule has 3 N–H and O–H groups in total. The zero-order valence-corrected chi connectivity index (χ0v) is 21.0. The third-order valence-corrected chi connectivity index (χ3v) is 6.44. The number of carbonyl (C=O) groups is 2. The predicted molar refractivity (Wildman–Crippen MR) is 138 cm³/mol. The highest BCUT2D eigenvalue weighted by Crippen LogP contribution is 2.28. The number of hydrogen-bond acceptors (Lipinski definition) is 5. The lowest BCUT2D eigenvalue weighted by atomic mass is 9.75. The number of rotatable bonds is 11. The molecule has 7 heteroatoms. The Morgan fingerprint density at radius 3 is 2.46 bits per heavy atom. The predicted octanol–water partition coefficient (Wildman–Crippen LogP) is 3.41. The molecule has 35 heavy (non-hydrogen) atoms. The van der Waals surface area contributed by atoms with E-state index in [1.165, 1.54) is 5.56 Å². The number of ether oxygens (including phenoxy) is 1. The number of carboxylic acid groups (broad SMARTS) is 1. The maximum absolute atomic E-state index is 12.3. The van der Waals surface area contributed by atoms with E-state index in [4.69, 9.17) is 9.73 Å². The fourth-order valence-corrected chi connectivity index (χ4v) is 4.22. The van der Waals surface area contributed by atoms with Crippen molar-refractivity contribution in [3.63, 3.8) is 0 Å². The number of carbonyl (C=O) groups excluding carboxylic acids is 1. The number of carboxylic acids is 1. The van der Waals surface area contributed by atoms with Crippen LogP contribution in [0.15, 0.2) is 59.6 Å². The summed E-state index contributed by atoms with van der Waals surface area (Å²) >= 11 is 0. The van der Waals surface area contributed by atoms with Crippen molar-refractivity contribution >= 4 is 17.6 Å². The van der Waals surface area contributed by atoms with Crippen LogP contribution in [0.2, 0.25) is 0 Å². The van der Waals surface area contributed by atoms with Crippen LogP contribution in [0.25, 0.3) is 0 Å². The van der Waals surface area contributed by atoms with Gasteiger partial charge in [-0.05, 0) is 43.4 Å².